The smallest absolute Gasteiger partial charge is 0.120 e. The number of benzene rings is 1. The molecule has 0 heterocycles. The van der Waals surface area contributed by atoms with Crippen LogP contribution in [0.5, 0.6) is 5.75 Å². The summed E-state index contributed by atoms with van der Waals surface area (Å²) in [5, 5.41) is 9.37. The maximum absolute atomic E-state index is 9.37. The van der Waals surface area contributed by atoms with Crippen LogP contribution in [0.15, 0.2) is 24.3 Å². The summed E-state index contributed by atoms with van der Waals surface area (Å²) in [5.41, 5.74) is 6.44. The molecule has 3 N–H and O–H groups in total. The predicted molar refractivity (Wildman–Crippen MR) is 46.9 cm³/mol. The Morgan fingerprint density at radius 2 is 2.17 bits per heavy atom. The molecule has 0 saturated carbocycles. The predicted octanol–water partition coefficient (Wildman–Crippen LogP) is 1.04. The first-order valence-electron chi connectivity index (χ1n) is 3.78. The van der Waals surface area contributed by atoms with E-state index in [0.29, 0.717) is 6.61 Å². The van der Waals surface area contributed by atoms with Crippen molar-refractivity contribution in [2.75, 3.05) is 13.7 Å². The monoisotopic (exact) mass is 167 g/mol. The molecule has 0 aromatic heterocycles. The van der Waals surface area contributed by atoms with Crippen LogP contribution in [0, 0.1) is 0 Å². The van der Waals surface area contributed by atoms with Crippen molar-refractivity contribution in [1.82, 2.24) is 0 Å². The van der Waals surface area contributed by atoms with Gasteiger partial charge >= 0.3 is 0 Å². The number of aromatic hydroxyl groups is 1. The van der Waals surface area contributed by atoms with Gasteiger partial charge in [0.1, 0.15) is 5.75 Å². The number of ether oxygens (including phenoxy) is 1. The molecule has 3 nitrogen and oxygen atoms in total. The summed E-state index contributed by atoms with van der Waals surface area (Å²) in [6, 6.07) is 6.75. The molecule has 0 radical (unpaired) electrons. The second-order valence-corrected chi connectivity index (χ2v) is 2.62. The van der Waals surface area contributed by atoms with E-state index in [4.69, 9.17) is 10.5 Å². The van der Waals surface area contributed by atoms with Crippen LogP contribution in [-0.2, 0) is 4.74 Å². The maximum atomic E-state index is 9.37. The largest absolute Gasteiger partial charge is 0.508 e. The first kappa shape index (κ1) is 9.03. The van der Waals surface area contributed by atoms with E-state index in [1.165, 1.54) is 0 Å². The zero-order valence-electron chi connectivity index (χ0n) is 7.03. The van der Waals surface area contributed by atoms with Crippen molar-refractivity contribution in [1.29, 1.82) is 0 Å². The molecule has 0 amide bonds. The summed E-state index contributed by atoms with van der Waals surface area (Å²) in [6.07, 6.45) is 0. The van der Waals surface area contributed by atoms with Crippen LogP contribution in [0.2, 0.25) is 0 Å². The minimum Gasteiger partial charge on any atom is -0.508 e. The van der Waals surface area contributed by atoms with Crippen molar-refractivity contribution in [3.63, 3.8) is 0 Å². The van der Waals surface area contributed by atoms with Crippen molar-refractivity contribution >= 4 is 0 Å². The van der Waals surface area contributed by atoms with Crippen LogP contribution in [0.3, 0.4) is 0 Å². The van der Waals surface area contributed by atoms with Gasteiger partial charge in [0.2, 0.25) is 0 Å². The Kier molecular flexibility index (Phi) is 3.08. The molecule has 1 aromatic rings. The van der Waals surface area contributed by atoms with Crippen molar-refractivity contribution in [3.05, 3.63) is 29.8 Å². The molecule has 0 saturated heterocycles. The molecule has 0 unspecified atom stereocenters. The van der Waals surface area contributed by atoms with Crippen LogP contribution in [-0.4, -0.2) is 18.8 Å². The third-order valence-electron chi connectivity index (χ3n) is 1.68. The van der Waals surface area contributed by atoms with E-state index in [0.717, 1.165) is 5.56 Å². The Morgan fingerprint density at radius 3 is 2.75 bits per heavy atom. The molecule has 1 aromatic carbocycles. The lowest BCUT2D eigenvalue weighted by Gasteiger charge is -2.11. The van der Waals surface area contributed by atoms with Crippen LogP contribution in [0.25, 0.3) is 0 Å². The van der Waals surface area contributed by atoms with Gasteiger partial charge in [0.05, 0.1) is 12.6 Å². The molecule has 1 atom stereocenters. The fourth-order valence-corrected chi connectivity index (χ4v) is 1.07. The summed E-state index contributed by atoms with van der Waals surface area (Å²) in [6.45, 7) is 0.414. The molecule has 12 heavy (non-hydrogen) atoms. The lowest BCUT2D eigenvalue weighted by Crippen LogP contribution is -2.15. The lowest BCUT2D eigenvalue weighted by molar-refractivity contribution is 0.180. The molecule has 0 aliphatic rings. The van der Waals surface area contributed by atoms with E-state index in [9.17, 15) is 5.11 Å². The summed E-state index contributed by atoms with van der Waals surface area (Å²) in [4.78, 5) is 0. The van der Waals surface area contributed by atoms with Crippen LogP contribution < -0.4 is 5.73 Å². The first-order chi connectivity index (χ1) is 5.75. The SMILES string of the molecule is COC[C@@H](N)c1ccccc1O. The van der Waals surface area contributed by atoms with Gasteiger partial charge < -0.3 is 15.6 Å². The number of para-hydroxylation sites is 1. The summed E-state index contributed by atoms with van der Waals surface area (Å²) in [5.74, 6) is 0.224. The van der Waals surface area contributed by atoms with Crippen molar-refractivity contribution < 1.29 is 9.84 Å². The zero-order valence-corrected chi connectivity index (χ0v) is 7.03. The van der Waals surface area contributed by atoms with Crippen molar-refractivity contribution in [2.45, 2.75) is 6.04 Å². The zero-order chi connectivity index (χ0) is 8.97. The molecular formula is C9H13NO2. The average molecular weight is 167 g/mol. The summed E-state index contributed by atoms with van der Waals surface area (Å²) in [7, 11) is 1.58. The number of phenolic OH excluding ortho intramolecular Hbond substituents is 1. The molecule has 0 aliphatic heterocycles. The van der Waals surface area contributed by atoms with Crippen LogP contribution >= 0.6 is 0 Å². The Balaban J connectivity index is 2.79. The van der Waals surface area contributed by atoms with E-state index in [1.54, 1.807) is 25.3 Å². The minimum atomic E-state index is -0.254. The highest BCUT2D eigenvalue weighted by molar-refractivity contribution is 5.34. The van der Waals surface area contributed by atoms with Crippen LogP contribution in [0.4, 0.5) is 0 Å². The number of methoxy groups -OCH3 is 1. The first-order valence-corrected chi connectivity index (χ1v) is 3.78. The quantitative estimate of drug-likeness (QED) is 0.707. The average Bonchev–Trinajstić information content (AvgIpc) is 2.05. The van der Waals surface area contributed by atoms with Gasteiger partial charge in [-0.05, 0) is 6.07 Å². The van der Waals surface area contributed by atoms with Gasteiger partial charge in [-0.2, -0.15) is 0 Å². The Labute approximate surface area is 71.8 Å². The highest BCUT2D eigenvalue weighted by Crippen LogP contribution is 2.21. The van der Waals surface area contributed by atoms with Gasteiger partial charge in [0, 0.05) is 12.7 Å². The number of hydrogen-bond donors (Lipinski definition) is 2. The molecule has 0 bridgehead atoms. The number of nitrogens with two attached hydrogens (primary N) is 1. The van der Waals surface area contributed by atoms with Gasteiger partial charge in [-0.15, -0.1) is 0 Å². The van der Waals surface area contributed by atoms with Crippen molar-refractivity contribution in [3.8, 4) is 5.75 Å². The molecule has 3 heteroatoms. The topological polar surface area (TPSA) is 55.5 Å². The number of rotatable bonds is 3. The van der Waals surface area contributed by atoms with E-state index in [-0.39, 0.29) is 11.8 Å². The third kappa shape index (κ3) is 1.96. The van der Waals surface area contributed by atoms with Crippen molar-refractivity contribution in [2.24, 2.45) is 5.73 Å². The maximum Gasteiger partial charge on any atom is 0.120 e. The molecular weight excluding hydrogens is 154 g/mol. The standard InChI is InChI=1S/C9H13NO2/c1-12-6-8(10)7-4-2-3-5-9(7)11/h2-5,8,11H,6,10H2,1H3/t8-/m1/s1. The number of hydrogen-bond acceptors (Lipinski definition) is 3. The molecule has 1 rings (SSSR count). The van der Waals surface area contributed by atoms with E-state index in [2.05, 4.69) is 0 Å². The van der Waals surface area contributed by atoms with Gasteiger partial charge in [-0.1, -0.05) is 18.2 Å². The van der Waals surface area contributed by atoms with E-state index in [1.807, 2.05) is 6.07 Å². The fraction of sp³-hybridized carbons (Fsp3) is 0.333. The Morgan fingerprint density at radius 1 is 1.50 bits per heavy atom. The third-order valence-corrected chi connectivity index (χ3v) is 1.68. The van der Waals surface area contributed by atoms with Crippen LogP contribution in [0.1, 0.15) is 11.6 Å². The second-order valence-electron chi connectivity index (χ2n) is 2.62. The molecule has 0 spiro atoms. The number of phenols is 1. The second kappa shape index (κ2) is 4.09. The van der Waals surface area contributed by atoms with E-state index < -0.39 is 0 Å². The molecule has 66 valence electrons. The Bertz CT molecular complexity index is 250. The minimum absolute atomic E-state index is 0.224. The van der Waals surface area contributed by atoms with Gasteiger partial charge in [-0.3, -0.25) is 0 Å². The summed E-state index contributed by atoms with van der Waals surface area (Å²) >= 11 is 0. The highest BCUT2D eigenvalue weighted by atomic mass is 16.5. The summed E-state index contributed by atoms with van der Waals surface area (Å²) < 4.78 is 4.88. The van der Waals surface area contributed by atoms with Gasteiger partial charge in [0.25, 0.3) is 0 Å². The van der Waals surface area contributed by atoms with Gasteiger partial charge in [-0.25, -0.2) is 0 Å². The fourth-order valence-electron chi connectivity index (χ4n) is 1.07. The van der Waals surface area contributed by atoms with E-state index >= 15 is 0 Å². The lowest BCUT2D eigenvalue weighted by atomic mass is 10.1. The molecule has 0 aliphatic carbocycles. The Hall–Kier alpha value is -1.06. The van der Waals surface area contributed by atoms with Gasteiger partial charge in [0.15, 0.2) is 0 Å². The highest BCUT2D eigenvalue weighted by Gasteiger charge is 2.08. The normalized spacial score (nSPS) is 12.8. The molecule has 0 fully saturated rings.